The molecule has 5 heteroatoms. The van der Waals surface area contributed by atoms with Gasteiger partial charge in [0.2, 0.25) is 5.91 Å². The molecule has 2 aromatic carbocycles. The number of furan rings is 1. The van der Waals surface area contributed by atoms with Crippen LogP contribution >= 0.6 is 0 Å². The summed E-state index contributed by atoms with van der Waals surface area (Å²) in [7, 11) is 0. The molecule has 0 spiro atoms. The van der Waals surface area contributed by atoms with Crippen molar-refractivity contribution in [1.82, 2.24) is 4.90 Å². The largest absolute Gasteiger partial charge is 0.459 e. The Morgan fingerprint density at radius 2 is 1.79 bits per heavy atom. The lowest BCUT2D eigenvalue weighted by atomic mass is 9.93. The van der Waals surface area contributed by atoms with E-state index >= 15 is 0 Å². The molecule has 0 unspecified atom stereocenters. The Kier molecular flexibility index (Phi) is 4.98. The number of rotatable bonds is 4. The zero-order valence-corrected chi connectivity index (χ0v) is 15.7. The second-order valence-electron chi connectivity index (χ2n) is 6.94. The number of amides is 2. The monoisotopic (exact) mass is 374 g/mol. The van der Waals surface area contributed by atoms with Gasteiger partial charge in [-0.2, -0.15) is 0 Å². The quantitative estimate of drug-likeness (QED) is 0.749. The van der Waals surface area contributed by atoms with E-state index in [1.165, 1.54) is 11.8 Å². The Hall–Kier alpha value is -3.34. The maximum atomic E-state index is 13.1. The topological polar surface area (TPSA) is 62.6 Å². The molecular formula is C23H22N2O3. The molecule has 2 amide bonds. The summed E-state index contributed by atoms with van der Waals surface area (Å²) < 4.78 is 5.29. The molecule has 0 saturated heterocycles. The van der Waals surface area contributed by atoms with E-state index in [0.29, 0.717) is 13.0 Å². The fourth-order valence-electron chi connectivity index (χ4n) is 3.56. The van der Waals surface area contributed by atoms with E-state index in [4.69, 9.17) is 4.42 Å². The lowest BCUT2D eigenvalue weighted by Crippen LogP contribution is -2.50. The third-order valence-electron chi connectivity index (χ3n) is 5.17. The second kappa shape index (κ2) is 7.72. The first kappa shape index (κ1) is 18.0. The standard InChI is InChI=1S/C23H22N2O3/c1-2-16-9-11-19(12-10-16)24-22(26)20-14-17-6-3-4-7-18(17)15-25(20)23(27)21-8-5-13-28-21/h3-13,20H,2,14-15H2,1H3,(H,24,26)/t20-/m0/s1. The average molecular weight is 374 g/mol. The minimum Gasteiger partial charge on any atom is -0.459 e. The fraction of sp³-hybridized carbons (Fsp3) is 0.217. The normalized spacial score (nSPS) is 15.8. The van der Waals surface area contributed by atoms with Crippen molar-refractivity contribution in [2.24, 2.45) is 0 Å². The molecule has 2 heterocycles. The molecule has 0 aliphatic carbocycles. The van der Waals surface area contributed by atoms with Crippen LogP contribution in [0.1, 0.15) is 34.2 Å². The first-order valence-electron chi connectivity index (χ1n) is 9.46. The summed E-state index contributed by atoms with van der Waals surface area (Å²) in [5, 5.41) is 2.96. The van der Waals surface area contributed by atoms with Gasteiger partial charge in [0, 0.05) is 18.7 Å². The summed E-state index contributed by atoms with van der Waals surface area (Å²) in [4.78, 5) is 27.6. The van der Waals surface area contributed by atoms with Gasteiger partial charge >= 0.3 is 0 Å². The lowest BCUT2D eigenvalue weighted by molar-refractivity contribution is -0.121. The molecule has 142 valence electrons. The van der Waals surface area contributed by atoms with Crippen LogP contribution < -0.4 is 5.32 Å². The molecule has 1 atom stereocenters. The van der Waals surface area contributed by atoms with Crippen molar-refractivity contribution in [1.29, 1.82) is 0 Å². The molecule has 0 bridgehead atoms. The predicted octanol–water partition coefficient (Wildman–Crippen LogP) is 4.05. The number of fused-ring (bicyclic) bond motifs is 1. The van der Waals surface area contributed by atoms with Crippen molar-refractivity contribution in [2.75, 3.05) is 5.32 Å². The second-order valence-corrected chi connectivity index (χ2v) is 6.94. The summed E-state index contributed by atoms with van der Waals surface area (Å²) in [6.07, 6.45) is 2.88. The third-order valence-corrected chi connectivity index (χ3v) is 5.17. The maximum absolute atomic E-state index is 13.1. The number of anilines is 1. The minimum absolute atomic E-state index is 0.196. The number of carbonyl (C=O) groups is 2. The van der Waals surface area contributed by atoms with E-state index in [1.807, 2.05) is 48.5 Å². The van der Waals surface area contributed by atoms with E-state index in [-0.39, 0.29) is 17.6 Å². The van der Waals surface area contributed by atoms with Crippen molar-refractivity contribution in [3.05, 3.63) is 89.4 Å². The molecule has 28 heavy (non-hydrogen) atoms. The molecule has 5 nitrogen and oxygen atoms in total. The smallest absolute Gasteiger partial charge is 0.290 e. The fourth-order valence-corrected chi connectivity index (χ4v) is 3.56. The van der Waals surface area contributed by atoms with Crippen molar-refractivity contribution >= 4 is 17.5 Å². The summed E-state index contributed by atoms with van der Waals surface area (Å²) in [5.41, 5.74) is 4.08. The summed E-state index contributed by atoms with van der Waals surface area (Å²) in [5.74, 6) is -0.232. The highest BCUT2D eigenvalue weighted by molar-refractivity contribution is 6.00. The molecule has 0 radical (unpaired) electrons. The highest BCUT2D eigenvalue weighted by Gasteiger charge is 2.35. The van der Waals surface area contributed by atoms with Gasteiger partial charge in [-0.05, 0) is 47.4 Å². The van der Waals surface area contributed by atoms with Crippen LogP contribution in [-0.4, -0.2) is 22.8 Å². The number of nitrogens with one attached hydrogen (secondary N) is 1. The van der Waals surface area contributed by atoms with Gasteiger partial charge in [-0.15, -0.1) is 0 Å². The Morgan fingerprint density at radius 3 is 2.46 bits per heavy atom. The van der Waals surface area contributed by atoms with Gasteiger partial charge < -0.3 is 14.6 Å². The van der Waals surface area contributed by atoms with Gasteiger partial charge in [-0.1, -0.05) is 43.3 Å². The highest BCUT2D eigenvalue weighted by Crippen LogP contribution is 2.26. The Labute approximate surface area is 164 Å². The molecule has 3 aromatic rings. The SMILES string of the molecule is CCc1ccc(NC(=O)[C@@H]2Cc3ccccc3CN2C(=O)c2ccco2)cc1. The summed E-state index contributed by atoms with van der Waals surface area (Å²) in [6.45, 7) is 2.47. The van der Waals surface area contributed by atoms with Crippen LogP contribution in [0.3, 0.4) is 0 Å². The summed E-state index contributed by atoms with van der Waals surface area (Å²) in [6, 6.07) is 18.4. The molecule has 4 rings (SSSR count). The molecule has 0 saturated carbocycles. The van der Waals surface area contributed by atoms with Crippen LogP contribution in [-0.2, 0) is 24.2 Å². The van der Waals surface area contributed by atoms with E-state index in [1.54, 1.807) is 17.0 Å². The van der Waals surface area contributed by atoms with Crippen LogP contribution in [0.4, 0.5) is 5.69 Å². The highest BCUT2D eigenvalue weighted by atomic mass is 16.3. The van der Waals surface area contributed by atoms with Crippen LogP contribution in [0.5, 0.6) is 0 Å². The van der Waals surface area contributed by atoms with Crippen LogP contribution in [0.2, 0.25) is 0 Å². The number of hydrogen-bond donors (Lipinski definition) is 1. The lowest BCUT2D eigenvalue weighted by Gasteiger charge is -2.35. The molecule has 1 aliphatic rings. The summed E-state index contributed by atoms with van der Waals surface area (Å²) >= 11 is 0. The van der Waals surface area contributed by atoms with Gasteiger partial charge in [-0.3, -0.25) is 9.59 Å². The Bertz CT molecular complexity index is 977. The van der Waals surface area contributed by atoms with Crippen molar-refractivity contribution in [3.63, 3.8) is 0 Å². The maximum Gasteiger partial charge on any atom is 0.290 e. The van der Waals surface area contributed by atoms with Crippen LogP contribution in [0.25, 0.3) is 0 Å². The third kappa shape index (κ3) is 3.56. The molecular weight excluding hydrogens is 352 g/mol. The van der Waals surface area contributed by atoms with Gasteiger partial charge in [-0.25, -0.2) is 0 Å². The zero-order chi connectivity index (χ0) is 19.5. The molecule has 1 aliphatic heterocycles. The van der Waals surface area contributed by atoms with Crippen molar-refractivity contribution < 1.29 is 14.0 Å². The molecule has 0 fully saturated rings. The van der Waals surface area contributed by atoms with Crippen LogP contribution in [0, 0.1) is 0 Å². The van der Waals surface area contributed by atoms with Gasteiger partial charge in [0.05, 0.1) is 6.26 Å². The number of aryl methyl sites for hydroxylation is 1. The van der Waals surface area contributed by atoms with E-state index in [9.17, 15) is 9.59 Å². The Morgan fingerprint density at radius 1 is 1.04 bits per heavy atom. The number of nitrogens with zero attached hydrogens (tertiary/aromatic N) is 1. The van der Waals surface area contributed by atoms with Gasteiger partial charge in [0.1, 0.15) is 6.04 Å². The van der Waals surface area contributed by atoms with Crippen molar-refractivity contribution in [2.45, 2.75) is 32.4 Å². The van der Waals surface area contributed by atoms with E-state index < -0.39 is 6.04 Å². The van der Waals surface area contributed by atoms with Crippen molar-refractivity contribution in [3.8, 4) is 0 Å². The van der Waals surface area contributed by atoms with Gasteiger partial charge in [0.15, 0.2) is 5.76 Å². The molecule has 1 aromatic heterocycles. The van der Waals surface area contributed by atoms with Crippen LogP contribution in [0.15, 0.2) is 71.3 Å². The number of hydrogen-bond acceptors (Lipinski definition) is 3. The first-order chi connectivity index (χ1) is 13.7. The molecule has 1 N–H and O–H groups in total. The zero-order valence-electron chi connectivity index (χ0n) is 15.7. The predicted molar refractivity (Wildman–Crippen MR) is 107 cm³/mol. The number of carbonyl (C=O) groups excluding carboxylic acids is 2. The average Bonchev–Trinajstić information content (AvgIpc) is 3.27. The first-order valence-corrected chi connectivity index (χ1v) is 9.46. The Balaban J connectivity index is 1.61. The van der Waals surface area contributed by atoms with E-state index in [0.717, 1.165) is 23.2 Å². The van der Waals surface area contributed by atoms with Gasteiger partial charge in [0.25, 0.3) is 5.91 Å². The minimum atomic E-state index is -0.599. The number of benzene rings is 2. The van der Waals surface area contributed by atoms with E-state index in [2.05, 4.69) is 12.2 Å².